The van der Waals surface area contributed by atoms with Gasteiger partial charge in [0.2, 0.25) is 5.91 Å². The van der Waals surface area contributed by atoms with E-state index in [0.29, 0.717) is 5.56 Å². The number of carbonyl (C=O) groups is 1. The van der Waals surface area contributed by atoms with E-state index in [2.05, 4.69) is 16.7 Å². The minimum Gasteiger partial charge on any atom is -0.376 e. The van der Waals surface area contributed by atoms with Gasteiger partial charge in [0.15, 0.2) is 0 Å². The van der Waals surface area contributed by atoms with Crippen LogP contribution in [0.15, 0.2) is 66.7 Å². The maximum atomic E-state index is 12.0. The first-order chi connectivity index (χ1) is 11.2. The van der Waals surface area contributed by atoms with Crippen molar-refractivity contribution >= 4 is 28.1 Å². The van der Waals surface area contributed by atoms with Crippen molar-refractivity contribution in [3.63, 3.8) is 0 Å². The van der Waals surface area contributed by atoms with Crippen molar-refractivity contribution in [3.8, 4) is 6.07 Å². The molecule has 4 heteroatoms. The third-order valence-corrected chi connectivity index (χ3v) is 3.48. The van der Waals surface area contributed by atoms with Gasteiger partial charge in [-0.3, -0.25) is 4.79 Å². The van der Waals surface area contributed by atoms with Crippen molar-refractivity contribution in [2.24, 2.45) is 0 Å². The summed E-state index contributed by atoms with van der Waals surface area (Å²) in [6.45, 7) is 0.141. The summed E-state index contributed by atoms with van der Waals surface area (Å²) >= 11 is 0. The van der Waals surface area contributed by atoms with Gasteiger partial charge in [0.05, 0.1) is 18.2 Å². The second-order valence-electron chi connectivity index (χ2n) is 5.16. The molecule has 112 valence electrons. The van der Waals surface area contributed by atoms with Crippen LogP contribution in [0.4, 0.5) is 11.4 Å². The van der Waals surface area contributed by atoms with Crippen LogP contribution >= 0.6 is 0 Å². The van der Waals surface area contributed by atoms with Crippen molar-refractivity contribution in [1.29, 1.82) is 5.26 Å². The minimum absolute atomic E-state index is 0.136. The maximum Gasteiger partial charge on any atom is 0.243 e. The average Bonchev–Trinajstić information content (AvgIpc) is 2.60. The molecule has 0 saturated carbocycles. The molecule has 3 aromatic rings. The highest BCUT2D eigenvalue weighted by molar-refractivity contribution is 5.96. The van der Waals surface area contributed by atoms with E-state index >= 15 is 0 Å². The molecule has 0 aromatic heterocycles. The smallest absolute Gasteiger partial charge is 0.243 e. The molecule has 0 aliphatic rings. The summed E-state index contributed by atoms with van der Waals surface area (Å²) in [6, 6.07) is 22.9. The number of nitriles is 1. The lowest BCUT2D eigenvalue weighted by molar-refractivity contribution is -0.114. The Bertz CT molecular complexity index is 896. The fourth-order valence-electron chi connectivity index (χ4n) is 2.35. The molecule has 0 aliphatic carbocycles. The molecule has 4 nitrogen and oxygen atoms in total. The SMILES string of the molecule is N#Cc1cccc(NCC(=O)Nc2ccc3ccccc3c2)c1. The summed E-state index contributed by atoms with van der Waals surface area (Å²) in [6.07, 6.45) is 0. The van der Waals surface area contributed by atoms with Gasteiger partial charge in [0.1, 0.15) is 0 Å². The van der Waals surface area contributed by atoms with Gasteiger partial charge in [-0.2, -0.15) is 5.26 Å². The van der Waals surface area contributed by atoms with Crippen molar-refractivity contribution in [2.45, 2.75) is 0 Å². The predicted molar refractivity (Wildman–Crippen MR) is 92.2 cm³/mol. The molecular formula is C19H15N3O. The van der Waals surface area contributed by atoms with E-state index in [0.717, 1.165) is 22.1 Å². The quantitative estimate of drug-likeness (QED) is 0.771. The second kappa shape index (κ2) is 6.63. The van der Waals surface area contributed by atoms with Crippen LogP contribution in [-0.4, -0.2) is 12.5 Å². The number of fused-ring (bicyclic) bond motifs is 1. The van der Waals surface area contributed by atoms with Gasteiger partial charge in [0.25, 0.3) is 0 Å². The molecule has 0 atom stereocenters. The Kier molecular flexibility index (Phi) is 4.21. The summed E-state index contributed by atoms with van der Waals surface area (Å²) in [5, 5.41) is 17.0. The lowest BCUT2D eigenvalue weighted by Gasteiger charge is -2.09. The van der Waals surface area contributed by atoms with Crippen molar-refractivity contribution in [1.82, 2.24) is 0 Å². The first-order valence-electron chi connectivity index (χ1n) is 7.27. The molecule has 0 fully saturated rings. The number of carbonyl (C=O) groups excluding carboxylic acids is 1. The number of nitrogens with one attached hydrogen (secondary N) is 2. The van der Waals surface area contributed by atoms with Crippen LogP contribution < -0.4 is 10.6 Å². The largest absolute Gasteiger partial charge is 0.376 e. The van der Waals surface area contributed by atoms with Gasteiger partial charge < -0.3 is 10.6 Å². The first kappa shape index (κ1) is 14.6. The Morgan fingerprint density at radius 1 is 0.913 bits per heavy atom. The summed E-state index contributed by atoms with van der Waals surface area (Å²) in [5.74, 6) is -0.136. The normalized spacial score (nSPS) is 10.0. The lowest BCUT2D eigenvalue weighted by Crippen LogP contribution is -2.21. The number of anilines is 2. The van der Waals surface area contributed by atoms with Gasteiger partial charge in [-0.1, -0.05) is 36.4 Å². The average molecular weight is 301 g/mol. The highest BCUT2D eigenvalue weighted by Gasteiger charge is 2.03. The fourth-order valence-corrected chi connectivity index (χ4v) is 2.35. The van der Waals surface area contributed by atoms with Gasteiger partial charge in [0, 0.05) is 11.4 Å². The third kappa shape index (κ3) is 3.66. The summed E-state index contributed by atoms with van der Waals surface area (Å²) in [5.41, 5.74) is 2.07. The van der Waals surface area contributed by atoms with Crippen molar-refractivity contribution in [3.05, 3.63) is 72.3 Å². The Morgan fingerprint density at radius 2 is 1.74 bits per heavy atom. The molecule has 0 saturated heterocycles. The highest BCUT2D eigenvalue weighted by Crippen LogP contribution is 2.18. The van der Waals surface area contributed by atoms with Gasteiger partial charge in [-0.25, -0.2) is 0 Å². The zero-order valence-corrected chi connectivity index (χ0v) is 12.4. The van der Waals surface area contributed by atoms with E-state index in [1.54, 1.807) is 18.2 Å². The fraction of sp³-hybridized carbons (Fsp3) is 0.0526. The molecule has 1 amide bonds. The van der Waals surface area contributed by atoms with E-state index in [9.17, 15) is 4.79 Å². The number of nitrogens with zero attached hydrogens (tertiary/aromatic N) is 1. The molecule has 0 radical (unpaired) electrons. The standard InChI is InChI=1S/C19H15N3O/c20-12-14-4-3-7-17(10-14)21-13-19(23)22-18-9-8-15-5-1-2-6-16(15)11-18/h1-11,21H,13H2,(H,22,23). The molecule has 3 aromatic carbocycles. The highest BCUT2D eigenvalue weighted by atomic mass is 16.1. The number of amides is 1. The molecule has 23 heavy (non-hydrogen) atoms. The molecular weight excluding hydrogens is 286 g/mol. The van der Waals surface area contributed by atoms with Crippen LogP contribution in [0.5, 0.6) is 0 Å². The predicted octanol–water partition coefficient (Wildman–Crippen LogP) is 3.76. The van der Waals surface area contributed by atoms with Gasteiger partial charge >= 0.3 is 0 Å². The van der Waals surface area contributed by atoms with E-state index in [4.69, 9.17) is 5.26 Å². The molecule has 0 bridgehead atoms. The Balaban J connectivity index is 1.63. The molecule has 0 heterocycles. The van der Waals surface area contributed by atoms with Crippen LogP contribution in [0.25, 0.3) is 10.8 Å². The van der Waals surface area contributed by atoms with Crippen LogP contribution in [0, 0.1) is 11.3 Å². The van der Waals surface area contributed by atoms with E-state index in [1.807, 2.05) is 48.5 Å². The van der Waals surface area contributed by atoms with Crippen molar-refractivity contribution < 1.29 is 4.79 Å². The topological polar surface area (TPSA) is 64.9 Å². The van der Waals surface area contributed by atoms with Crippen LogP contribution in [0.1, 0.15) is 5.56 Å². The van der Waals surface area contributed by atoms with Gasteiger partial charge in [-0.05, 0) is 41.1 Å². The minimum atomic E-state index is -0.136. The van der Waals surface area contributed by atoms with E-state index in [1.165, 1.54) is 0 Å². The lowest BCUT2D eigenvalue weighted by atomic mass is 10.1. The summed E-state index contributed by atoms with van der Waals surface area (Å²) in [4.78, 5) is 12.0. The number of hydrogen-bond acceptors (Lipinski definition) is 3. The summed E-state index contributed by atoms with van der Waals surface area (Å²) < 4.78 is 0. The van der Waals surface area contributed by atoms with Crippen LogP contribution in [-0.2, 0) is 4.79 Å². The Morgan fingerprint density at radius 3 is 2.57 bits per heavy atom. The van der Waals surface area contributed by atoms with Gasteiger partial charge in [-0.15, -0.1) is 0 Å². The zero-order valence-electron chi connectivity index (χ0n) is 12.4. The Labute approximate surface area is 134 Å². The number of rotatable bonds is 4. The molecule has 3 rings (SSSR count). The number of hydrogen-bond donors (Lipinski definition) is 2. The maximum absolute atomic E-state index is 12.0. The van der Waals surface area contributed by atoms with Crippen molar-refractivity contribution in [2.75, 3.05) is 17.2 Å². The van der Waals surface area contributed by atoms with E-state index < -0.39 is 0 Å². The second-order valence-corrected chi connectivity index (χ2v) is 5.16. The third-order valence-electron chi connectivity index (χ3n) is 3.48. The molecule has 0 aliphatic heterocycles. The molecule has 0 unspecified atom stereocenters. The van der Waals surface area contributed by atoms with E-state index in [-0.39, 0.29) is 12.5 Å². The molecule has 0 spiro atoms. The van der Waals surface area contributed by atoms with Crippen LogP contribution in [0.3, 0.4) is 0 Å². The van der Waals surface area contributed by atoms with Crippen LogP contribution in [0.2, 0.25) is 0 Å². The molecule has 2 N–H and O–H groups in total. The first-order valence-corrected chi connectivity index (χ1v) is 7.27. The summed E-state index contributed by atoms with van der Waals surface area (Å²) in [7, 11) is 0. The monoisotopic (exact) mass is 301 g/mol. The Hall–Kier alpha value is -3.32. The zero-order chi connectivity index (χ0) is 16.1. The number of benzene rings is 3.